The molecule has 0 saturated heterocycles. The van der Waals surface area contributed by atoms with Gasteiger partial charge in [-0.1, -0.05) is 6.92 Å². The van der Waals surface area contributed by atoms with E-state index < -0.39 is 0 Å². The first kappa shape index (κ1) is 18.3. The SMILES string of the molecule is CCOCCOc1c(Br)cc(CC(N)CC)cc1OCC. The number of nitrogens with two attached hydrogens (primary N) is 1. The lowest BCUT2D eigenvalue weighted by molar-refractivity contribution is 0.108. The molecule has 0 heterocycles. The molecule has 5 heteroatoms. The van der Waals surface area contributed by atoms with Crippen LogP contribution in [0.1, 0.15) is 32.8 Å². The molecule has 0 aliphatic heterocycles. The first-order chi connectivity index (χ1) is 10.1. The Hall–Kier alpha value is -0.780. The first-order valence-corrected chi connectivity index (χ1v) is 8.32. The molecule has 0 aliphatic carbocycles. The molecule has 0 fully saturated rings. The zero-order valence-electron chi connectivity index (χ0n) is 13.2. The largest absolute Gasteiger partial charge is 0.490 e. The van der Waals surface area contributed by atoms with Gasteiger partial charge in [0.1, 0.15) is 6.61 Å². The Bertz CT molecular complexity index is 426. The maximum Gasteiger partial charge on any atom is 0.175 e. The summed E-state index contributed by atoms with van der Waals surface area (Å²) in [5, 5.41) is 0. The van der Waals surface area contributed by atoms with E-state index in [1.807, 2.05) is 26.0 Å². The van der Waals surface area contributed by atoms with Crippen LogP contribution < -0.4 is 15.2 Å². The zero-order valence-corrected chi connectivity index (χ0v) is 14.7. The van der Waals surface area contributed by atoms with Crippen LogP contribution in [-0.2, 0) is 11.2 Å². The van der Waals surface area contributed by atoms with Gasteiger partial charge in [0.05, 0.1) is 17.7 Å². The van der Waals surface area contributed by atoms with Crippen LogP contribution >= 0.6 is 15.9 Å². The zero-order chi connectivity index (χ0) is 15.7. The Morgan fingerprint density at radius 2 is 1.86 bits per heavy atom. The summed E-state index contributed by atoms with van der Waals surface area (Å²) in [4.78, 5) is 0. The summed E-state index contributed by atoms with van der Waals surface area (Å²) >= 11 is 3.56. The summed E-state index contributed by atoms with van der Waals surface area (Å²) in [5.74, 6) is 1.48. The Balaban J connectivity index is 2.85. The highest BCUT2D eigenvalue weighted by atomic mass is 79.9. The van der Waals surface area contributed by atoms with Gasteiger partial charge >= 0.3 is 0 Å². The molecule has 0 bridgehead atoms. The number of benzene rings is 1. The highest BCUT2D eigenvalue weighted by Crippen LogP contribution is 2.37. The topological polar surface area (TPSA) is 53.7 Å². The molecular formula is C16H26BrNO3. The van der Waals surface area contributed by atoms with Gasteiger partial charge < -0.3 is 19.9 Å². The van der Waals surface area contributed by atoms with Crippen LogP contribution in [0.2, 0.25) is 0 Å². The van der Waals surface area contributed by atoms with Crippen molar-refractivity contribution >= 4 is 15.9 Å². The molecule has 0 aliphatic rings. The average Bonchev–Trinajstić information content (AvgIpc) is 2.46. The van der Waals surface area contributed by atoms with Crippen molar-refractivity contribution in [2.24, 2.45) is 5.73 Å². The smallest absolute Gasteiger partial charge is 0.175 e. The van der Waals surface area contributed by atoms with Crippen LogP contribution in [0.25, 0.3) is 0 Å². The van der Waals surface area contributed by atoms with E-state index in [2.05, 4.69) is 22.9 Å². The van der Waals surface area contributed by atoms with Crippen molar-refractivity contribution in [3.63, 3.8) is 0 Å². The Labute approximate surface area is 136 Å². The lowest BCUT2D eigenvalue weighted by Crippen LogP contribution is -2.21. The van der Waals surface area contributed by atoms with Crippen molar-refractivity contribution in [1.82, 2.24) is 0 Å². The molecule has 0 spiro atoms. The second kappa shape index (κ2) is 10.0. The second-order valence-electron chi connectivity index (χ2n) is 4.76. The lowest BCUT2D eigenvalue weighted by atomic mass is 10.0. The molecule has 0 saturated carbocycles. The van der Waals surface area contributed by atoms with E-state index in [-0.39, 0.29) is 6.04 Å². The number of rotatable bonds is 10. The highest BCUT2D eigenvalue weighted by molar-refractivity contribution is 9.10. The molecule has 2 N–H and O–H groups in total. The fourth-order valence-corrected chi connectivity index (χ4v) is 2.54. The normalized spacial score (nSPS) is 12.2. The van der Waals surface area contributed by atoms with Gasteiger partial charge in [0.25, 0.3) is 0 Å². The standard InChI is InChI=1S/C16H26BrNO3/c1-4-13(18)9-12-10-14(17)16(15(11-12)20-6-3)21-8-7-19-5-2/h10-11,13H,4-9,18H2,1-3H3. The third-order valence-electron chi connectivity index (χ3n) is 3.07. The minimum atomic E-state index is 0.163. The molecule has 4 nitrogen and oxygen atoms in total. The second-order valence-corrected chi connectivity index (χ2v) is 5.61. The molecule has 120 valence electrons. The third kappa shape index (κ3) is 6.24. The predicted octanol–water partition coefficient (Wildman–Crippen LogP) is 3.54. The summed E-state index contributed by atoms with van der Waals surface area (Å²) in [6, 6.07) is 4.23. The lowest BCUT2D eigenvalue weighted by Gasteiger charge is -2.16. The molecule has 1 atom stereocenters. The summed E-state index contributed by atoms with van der Waals surface area (Å²) in [6.45, 7) is 8.37. The number of hydrogen-bond donors (Lipinski definition) is 1. The van der Waals surface area contributed by atoms with Crippen LogP contribution in [0.3, 0.4) is 0 Å². The molecule has 1 aromatic rings. The van der Waals surface area contributed by atoms with E-state index in [0.29, 0.717) is 26.4 Å². The van der Waals surface area contributed by atoms with Crippen LogP contribution in [0.5, 0.6) is 11.5 Å². The van der Waals surface area contributed by atoms with Gasteiger partial charge in [-0.3, -0.25) is 0 Å². The van der Waals surface area contributed by atoms with Crippen molar-refractivity contribution < 1.29 is 14.2 Å². The maximum atomic E-state index is 6.03. The Morgan fingerprint density at radius 1 is 1.10 bits per heavy atom. The minimum absolute atomic E-state index is 0.163. The molecule has 21 heavy (non-hydrogen) atoms. The molecule has 0 radical (unpaired) electrons. The average molecular weight is 360 g/mol. The van der Waals surface area contributed by atoms with Gasteiger partial charge in [0, 0.05) is 12.6 Å². The van der Waals surface area contributed by atoms with Crippen LogP contribution in [-0.4, -0.2) is 32.5 Å². The van der Waals surface area contributed by atoms with Gasteiger partial charge in [0.15, 0.2) is 11.5 Å². The quantitative estimate of drug-likeness (QED) is 0.649. The summed E-state index contributed by atoms with van der Waals surface area (Å²) in [7, 11) is 0. The van der Waals surface area contributed by atoms with Crippen molar-refractivity contribution in [2.75, 3.05) is 26.4 Å². The maximum absolute atomic E-state index is 6.03. The number of ether oxygens (including phenoxy) is 3. The van der Waals surface area contributed by atoms with Crippen molar-refractivity contribution in [3.05, 3.63) is 22.2 Å². The van der Waals surface area contributed by atoms with Crippen LogP contribution in [0.15, 0.2) is 16.6 Å². The Kier molecular flexibility index (Phi) is 8.73. The van der Waals surface area contributed by atoms with Gasteiger partial charge in [-0.25, -0.2) is 0 Å². The minimum Gasteiger partial charge on any atom is -0.490 e. The monoisotopic (exact) mass is 359 g/mol. The molecule has 1 rings (SSSR count). The predicted molar refractivity (Wildman–Crippen MR) is 89.3 cm³/mol. The summed E-state index contributed by atoms with van der Waals surface area (Å²) < 4.78 is 17.7. The van der Waals surface area contributed by atoms with E-state index in [1.165, 1.54) is 0 Å². The summed E-state index contributed by atoms with van der Waals surface area (Å²) in [6.07, 6.45) is 1.78. The van der Waals surface area contributed by atoms with Gasteiger partial charge in [-0.05, 0) is 60.3 Å². The van der Waals surface area contributed by atoms with E-state index >= 15 is 0 Å². The molecular weight excluding hydrogens is 334 g/mol. The van der Waals surface area contributed by atoms with Crippen LogP contribution in [0.4, 0.5) is 0 Å². The van der Waals surface area contributed by atoms with Gasteiger partial charge in [-0.15, -0.1) is 0 Å². The molecule has 0 amide bonds. The van der Waals surface area contributed by atoms with E-state index in [1.54, 1.807) is 0 Å². The van der Waals surface area contributed by atoms with Gasteiger partial charge in [0.2, 0.25) is 0 Å². The molecule has 1 aromatic carbocycles. The van der Waals surface area contributed by atoms with E-state index in [0.717, 1.165) is 34.4 Å². The summed E-state index contributed by atoms with van der Waals surface area (Å²) in [5.41, 5.74) is 7.18. The highest BCUT2D eigenvalue weighted by Gasteiger charge is 2.13. The van der Waals surface area contributed by atoms with Crippen LogP contribution in [0, 0.1) is 0 Å². The number of halogens is 1. The first-order valence-electron chi connectivity index (χ1n) is 7.53. The van der Waals surface area contributed by atoms with E-state index in [4.69, 9.17) is 19.9 Å². The fourth-order valence-electron chi connectivity index (χ4n) is 1.94. The third-order valence-corrected chi connectivity index (χ3v) is 3.66. The fraction of sp³-hybridized carbons (Fsp3) is 0.625. The van der Waals surface area contributed by atoms with E-state index in [9.17, 15) is 0 Å². The van der Waals surface area contributed by atoms with Gasteiger partial charge in [-0.2, -0.15) is 0 Å². The Morgan fingerprint density at radius 3 is 2.48 bits per heavy atom. The van der Waals surface area contributed by atoms with Crippen molar-refractivity contribution in [1.29, 1.82) is 0 Å². The molecule has 0 aromatic heterocycles. The number of hydrogen-bond acceptors (Lipinski definition) is 4. The van der Waals surface area contributed by atoms with Crippen molar-refractivity contribution in [3.8, 4) is 11.5 Å². The molecule has 1 unspecified atom stereocenters. The van der Waals surface area contributed by atoms with Crippen molar-refractivity contribution in [2.45, 2.75) is 39.7 Å².